The van der Waals surface area contributed by atoms with E-state index in [4.69, 9.17) is 11.0 Å². The molecule has 3 heteroatoms. The lowest BCUT2D eigenvalue weighted by Crippen LogP contribution is -2.19. The molecular formula is C12H15N3. The Kier molecular flexibility index (Phi) is 3.11. The van der Waals surface area contributed by atoms with Crippen molar-refractivity contribution in [3.8, 4) is 6.07 Å². The van der Waals surface area contributed by atoms with Crippen LogP contribution in [0.4, 0.5) is 0 Å². The third-order valence-corrected chi connectivity index (χ3v) is 2.14. The van der Waals surface area contributed by atoms with Crippen LogP contribution in [0.5, 0.6) is 0 Å². The van der Waals surface area contributed by atoms with Crippen LogP contribution in [-0.2, 0) is 0 Å². The first-order valence-corrected chi connectivity index (χ1v) is 4.77. The molecule has 0 aliphatic rings. The van der Waals surface area contributed by atoms with Gasteiger partial charge in [0.25, 0.3) is 0 Å². The average molecular weight is 201 g/mol. The van der Waals surface area contributed by atoms with Crippen LogP contribution < -0.4 is 5.73 Å². The molecule has 2 N–H and O–H groups in total. The molecule has 0 spiro atoms. The summed E-state index contributed by atoms with van der Waals surface area (Å²) in [6.45, 7) is 5.95. The summed E-state index contributed by atoms with van der Waals surface area (Å²) in [6, 6.07) is 5.77. The quantitative estimate of drug-likeness (QED) is 0.709. The molecule has 0 saturated carbocycles. The highest BCUT2D eigenvalue weighted by Crippen LogP contribution is 2.27. The molecule has 15 heavy (non-hydrogen) atoms. The first-order valence-electron chi connectivity index (χ1n) is 4.77. The van der Waals surface area contributed by atoms with Crippen molar-refractivity contribution in [2.75, 3.05) is 0 Å². The van der Waals surface area contributed by atoms with Crippen LogP contribution in [0.2, 0.25) is 0 Å². The molecule has 0 bridgehead atoms. The van der Waals surface area contributed by atoms with Crippen LogP contribution in [0.15, 0.2) is 30.2 Å². The normalized spacial score (nSPS) is 12.9. The monoisotopic (exact) mass is 201 g/mol. The number of nitrogens with two attached hydrogens (primary N) is 1. The molecule has 0 atom stereocenters. The molecule has 0 amide bonds. The summed E-state index contributed by atoms with van der Waals surface area (Å²) < 4.78 is 0. The zero-order valence-corrected chi connectivity index (χ0v) is 9.28. The molecule has 0 aromatic carbocycles. The summed E-state index contributed by atoms with van der Waals surface area (Å²) in [5.41, 5.74) is 7.64. The molecule has 3 nitrogen and oxygen atoms in total. The molecule has 1 heterocycles. The Bertz CT molecular complexity index is 405. The lowest BCUT2D eigenvalue weighted by molar-refractivity contribution is 0.500. The molecule has 0 fully saturated rings. The van der Waals surface area contributed by atoms with Gasteiger partial charge in [-0.3, -0.25) is 4.98 Å². The number of nitrogens with zero attached hydrogens (tertiary/aromatic N) is 2. The Balaban J connectivity index is 3.28. The molecule has 1 aromatic heterocycles. The highest BCUT2D eigenvalue weighted by Gasteiger charge is 2.19. The zero-order chi connectivity index (χ0) is 11.5. The SMILES string of the molecule is CC(C)(C)/C(N)=C(/C#N)c1cccnc1. The fraction of sp³-hybridized carbons (Fsp3) is 0.333. The van der Waals surface area contributed by atoms with Gasteiger partial charge in [-0.15, -0.1) is 0 Å². The van der Waals surface area contributed by atoms with Gasteiger partial charge < -0.3 is 5.73 Å². The maximum atomic E-state index is 9.10. The Labute approximate surface area is 90.2 Å². The van der Waals surface area contributed by atoms with Crippen LogP contribution >= 0.6 is 0 Å². The lowest BCUT2D eigenvalue weighted by atomic mass is 9.88. The lowest BCUT2D eigenvalue weighted by Gasteiger charge is -2.20. The summed E-state index contributed by atoms with van der Waals surface area (Å²) in [5.74, 6) is 0. The van der Waals surface area contributed by atoms with Crippen LogP contribution in [0.1, 0.15) is 26.3 Å². The maximum absolute atomic E-state index is 9.10. The number of rotatable bonds is 1. The predicted molar refractivity (Wildman–Crippen MR) is 60.4 cm³/mol. The molecule has 0 aliphatic carbocycles. The van der Waals surface area contributed by atoms with Gasteiger partial charge in [0.15, 0.2) is 0 Å². The molecule has 78 valence electrons. The number of aromatic nitrogens is 1. The third kappa shape index (κ3) is 2.57. The topological polar surface area (TPSA) is 62.7 Å². The van der Waals surface area contributed by atoms with Crippen molar-refractivity contribution in [3.63, 3.8) is 0 Å². The van der Waals surface area contributed by atoms with E-state index in [0.29, 0.717) is 11.3 Å². The summed E-state index contributed by atoms with van der Waals surface area (Å²) in [5, 5.41) is 9.10. The van der Waals surface area contributed by atoms with E-state index in [1.807, 2.05) is 26.8 Å². The van der Waals surface area contributed by atoms with Crippen molar-refractivity contribution < 1.29 is 0 Å². The van der Waals surface area contributed by atoms with Gasteiger partial charge in [0.05, 0.1) is 5.57 Å². The fourth-order valence-corrected chi connectivity index (χ4v) is 1.17. The van der Waals surface area contributed by atoms with Crippen molar-refractivity contribution in [1.29, 1.82) is 5.26 Å². The van der Waals surface area contributed by atoms with Crippen LogP contribution in [0.3, 0.4) is 0 Å². The molecule has 1 aromatic rings. The number of hydrogen-bond acceptors (Lipinski definition) is 3. The third-order valence-electron chi connectivity index (χ3n) is 2.14. The molecule has 0 aliphatic heterocycles. The van der Waals surface area contributed by atoms with Crippen LogP contribution in [0.25, 0.3) is 5.57 Å². The largest absolute Gasteiger partial charge is 0.401 e. The molecule has 0 radical (unpaired) electrons. The summed E-state index contributed by atoms with van der Waals surface area (Å²) in [6.07, 6.45) is 3.32. The number of nitriles is 1. The van der Waals surface area contributed by atoms with E-state index < -0.39 is 0 Å². The minimum Gasteiger partial charge on any atom is -0.401 e. The highest BCUT2D eigenvalue weighted by molar-refractivity contribution is 5.79. The Hall–Kier alpha value is -1.82. The molecular weight excluding hydrogens is 186 g/mol. The first-order chi connectivity index (χ1) is 6.96. The van der Waals surface area contributed by atoms with Gasteiger partial charge in [0.1, 0.15) is 6.07 Å². The highest BCUT2D eigenvalue weighted by atomic mass is 14.6. The van der Waals surface area contributed by atoms with Gasteiger partial charge in [-0.1, -0.05) is 26.8 Å². The van der Waals surface area contributed by atoms with E-state index in [1.54, 1.807) is 18.5 Å². The van der Waals surface area contributed by atoms with Crippen molar-refractivity contribution in [3.05, 3.63) is 35.8 Å². The zero-order valence-electron chi connectivity index (χ0n) is 9.28. The molecule has 0 saturated heterocycles. The second-order valence-corrected chi connectivity index (χ2v) is 4.39. The maximum Gasteiger partial charge on any atom is 0.102 e. The Morgan fingerprint density at radius 2 is 2.13 bits per heavy atom. The minimum atomic E-state index is -0.207. The summed E-state index contributed by atoms with van der Waals surface area (Å²) >= 11 is 0. The average Bonchev–Trinajstić information content (AvgIpc) is 2.19. The van der Waals surface area contributed by atoms with E-state index in [2.05, 4.69) is 11.1 Å². The first kappa shape index (κ1) is 11.3. The van der Waals surface area contributed by atoms with E-state index in [0.717, 1.165) is 5.56 Å². The van der Waals surface area contributed by atoms with E-state index >= 15 is 0 Å². The van der Waals surface area contributed by atoms with E-state index in [-0.39, 0.29) is 5.41 Å². The fourth-order valence-electron chi connectivity index (χ4n) is 1.17. The van der Waals surface area contributed by atoms with Crippen LogP contribution in [0, 0.1) is 16.7 Å². The van der Waals surface area contributed by atoms with Gasteiger partial charge in [-0.2, -0.15) is 5.26 Å². The predicted octanol–water partition coefficient (Wildman–Crippen LogP) is 2.32. The second-order valence-electron chi connectivity index (χ2n) is 4.39. The number of hydrogen-bond donors (Lipinski definition) is 1. The van der Waals surface area contributed by atoms with E-state index in [1.165, 1.54) is 0 Å². The van der Waals surface area contributed by atoms with E-state index in [9.17, 15) is 0 Å². The Morgan fingerprint density at radius 3 is 2.53 bits per heavy atom. The van der Waals surface area contributed by atoms with Gasteiger partial charge in [0, 0.05) is 29.1 Å². The van der Waals surface area contributed by atoms with Gasteiger partial charge >= 0.3 is 0 Å². The van der Waals surface area contributed by atoms with Crippen molar-refractivity contribution in [1.82, 2.24) is 4.98 Å². The number of allylic oxidation sites excluding steroid dienone is 2. The number of pyridine rings is 1. The van der Waals surface area contributed by atoms with Crippen molar-refractivity contribution >= 4 is 5.57 Å². The van der Waals surface area contributed by atoms with Gasteiger partial charge in [-0.05, 0) is 6.07 Å². The van der Waals surface area contributed by atoms with Crippen LogP contribution in [-0.4, -0.2) is 4.98 Å². The Morgan fingerprint density at radius 1 is 1.47 bits per heavy atom. The standard InChI is InChI=1S/C12H15N3/c1-12(2,3)11(14)10(7-13)9-5-4-6-15-8-9/h4-6,8H,14H2,1-3H3/b11-10+. The van der Waals surface area contributed by atoms with Gasteiger partial charge in [0.2, 0.25) is 0 Å². The summed E-state index contributed by atoms with van der Waals surface area (Å²) in [7, 11) is 0. The van der Waals surface area contributed by atoms with Crippen molar-refractivity contribution in [2.24, 2.45) is 11.1 Å². The molecule has 0 unspecified atom stereocenters. The molecule has 1 rings (SSSR count). The summed E-state index contributed by atoms with van der Waals surface area (Å²) in [4.78, 5) is 3.98. The second kappa shape index (κ2) is 4.14. The van der Waals surface area contributed by atoms with Gasteiger partial charge in [-0.25, -0.2) is 0 Å². The minimum absolute atomic E-state index is 0.207. The van der Waals surface area contributed by atoms with Crippen molar-refractivity contribution in [2.45, 2.75) is 20.8 Å². The smallest absolute Gasteiger partial charge is 0.102 e.